The second kappa shape index (κ2) is 5.65. The van der Waals surface area contributed by atoms with Gasteiger partial charge in [-0.2, -0.15) is 0 Å². The summed E-state index contributed by atoms with van der Waals surface area (Å²) in [6, 6.07) is 2.46. The Bertz CT molecular complexity index is 223. The first-order valence-electron chi connectivity index (χ1n) is 4.81. The molecule has 13 heavy (non-hydrogen) atoms. The van der Waals surface area contributed by atoms with Gasteiger partial charge in [-0.25, -0.2) is 9.97 Å². The van der Waals surface area contributed by atoms with Crippen molar-refractivity contribution in [1.82, 2.24) is 15.3 Å². The van der Waals surface area contributed by atoms with Gasteiger partial charge in [0.05, 0.1) is 0 Å². The Hall–Kier alpha value is -0.960. The maximum atomic E-state index is 4.18. The summed E-state index contributed by atoms with van der Waals surface area (Å²) >= 11 is 0. The summed E-state index contributed by atoms with van der Waals surface area (Å²) in [4.78, 5) is 8.06. The summed E-state index contributed by atoms with van der Waals surface area (Å²) in [6.07, 6.45) is 5.54. The highest BCUT2D eigenvalue weighted by Crippen LogP contribution is 1.97. The van der Waals surface area contributed by atoms with Crippen molar-refractivity contribution in [2.75, 3.05) is 6.54 Å². The molecule has 0 spiro atoms. The third-order valence-corrected chi connectivity index (χ3v) is 1.90. The van der Waals surface area contributed by atoms with E-state index in [0.29, 0.717) is 6.04 Å². The van der Waals surface area contributed by atoms with E-state index in [2.05, 4.69) is 29.1 Å². The van der Waals surface area contributed by atoms with Gasteiger partial charge in [0.1, 0.15) is 6.33 Å². The zero-order chi connectivity index (χ0) is 9.52. The third kappa shape index (κ3) is 3.99. The van der Waals surface area contributed by atoms with Crippen LogP contribution in [0.1, 0.15) is 26.0 Å². The highest BCUT2D eigenvalue weighted by Gasteiger charge is 2.01. The Labute approximate surface area is 79.6 Å². The summed E-state index contributed by atoms with van der Waals surface area (Å²) in [5.41, 5.74) is 1.10. The van der Waals surface area contributed by atoms with Gasteiger partial charge in [0.15, 0.2) is 0 Å². The monoisotopic (exact) mass is 179 g/mol. The van der Waals surface area contributed by atoms with E-state index in [9.17, 15) is 0 Å². The molecule has 1 heterocycles. The lowest BCUT2D eigenvalue weighted by Gasteiger charge is -2.11. The minimum Gasteiger partial charge on any atom is -0.314 e. The molecule has 3 heteroatoms. The van der Waals surface area contributed by atoms with Crippen LogP contribution in [0.15, 0.2) is 18.6 Å². The summed E-state index contributed by atoms with van der Waals surface area (Å²) in [6.45, 7) is 5.43. The van der Waals surface area contributed by atoms with Crippen molar-refractivity contribution in [2.24, 2.45) is 0 Å². The lowest BCUT2D eigenvalue weighted by atomic mass is 10.2. The molecule has 1 rings (SSSR count). The molecule has 0 saturated heterocycles. The van der Waals surface area contributed by atoms with Crippen LogP contribution >= 0.6 is 0 Å². The number of hydrogen-bond donors (Lipinski definition) is 1. The first-order chi connectivity index (χ1) is 6.33. The highest BCUT2D eigenvalue weighted by atomic mass is 14.9. The predicted octanol–water partition coefficient (Wildman–Crippen LogP) is 1.41. The fraction of sp³-hybridized carbons (Fsp3) is 0.600. The number of rotatable bonds is 5. The van der Waals surface area contributed by atoms with Gasteiger partial charge in [-0.05, 0) is 26.0 Å². The molecule has 72 valence electrons. The molecule has 0 aliphatic carbocycles. The highest BCUT2D eigenvalue weighted by molar-refractivity contribution is 4.99. The van der Waals surface area contributed by atoms with Crippen LogP contribution in [0.25, 0.3) is 0 Å². The molecule has 0 aliphatic heterocycles. The average molecular weight is 179 g/mol. The maximum Gasteiger partial charge on any atom is 0.115 e. The van der Waals surface area contributed by atoms with E-state index in [4.69, 9.17) is 0 Å². The molecule has 0 bridgehead atoms. The molecular weight excluding hydrogens is 162 g/mol. The third-order valence-electron chi connectivity index (χ3n) is 1.90. The van der Waals surface area contributed by atoms with Crippen LogP contribution in [0.5, 0.6) is 0 Å². The number of nitrogens with zero attached hydrogens (tertiary/aromatic N) is 2. The summed E-state index contributed by atoms with van der Waals surface area (Å²) in [5.74, 6) is 0. The van der Waals surface area contributed by atoms with Gasteiger partial charge >= 0.3 is 0 Å². The van der Waals surface area contributed by atoms with E-state index in [1.54, 1.807) is 12.5 Å². The van der Waals surface area contributed by atoms with Gasteiger partial charge in [0.2, 0.25) is 0 Å². The van der Waals surface area contributed by atoms with Crippen molar-refractivity contribution in [1.29, 1.82) is 0 Å². The van der Waals surface area contributed by atoms with Crippen LogP contribution in [0.4, 0.5) is 0 Å². The number of nitrogens with one attached hydrogen (secondary N) is 1. The van der Waals surface area contributed by atoms with Crippen molar-refractivity contribution in [2.45, 2.75) is 32.7 Å². The van der Waals surface area contributed by atoms with Crippen LogP contribution in [0.2, 0.25) is 0 Å². The van der Waals surface area contributed by atoms with Crippen molar-refractivity contribution < 1.29 is 0 Å². The minimum atomic E-state index is 0.495. The quantitative estimate of drug-likeness (QED) is 0.742. The zero-order valence-electron chi connectivity index (χ0n) is 8.33. The fourth-order valence-electron chi connectivity index (χ4n) is 1.22. The fourth-order valence-corrected chi connectivity index (χ4v) is 1.22. The predicted molar refractivity (Wildman–Crippen MR) is 53.5 cm³/mol. The van der Waals surface area contributed by atoms with E-state index in [0.717, 1.165) is 18.7 Å². The molecule has 1 aromatic heterocycles. The number of hydrogen-bond acceptors (Lipinski definition) is 3. The minimum absolute atomic E-state index is 0.495. The average Bonchev–Trinajstić information content (AvgIpc) is 2.16. The Morgan fingerprint density at radius 1 is 1.54 bits per heavy atom. The second-order valence-corrected chi connectivity index (χ2v) is 3.26. The molecule has 0 saturated carbocycles. The Balaban J connectivity index is 2.32. The van der Waals surface area contributed by atoms with Crippen molar-refractivity contribution in [3.05, 3.63) is 24.3 Å². The molecule has 3 nitrogen and oxygen atoms in total. The zero-order valence-corrected chi connectivity index (χ0v) is 8.33. The first kappa shape index (κ1) is 10.1. The van der Waals surface area contributed by atoms with Crippen LogP contribution < -0.4 is 5.32 Å². The lowest BCUT2D eigenvalue weighted by Crippen LogP contribution is -2.28. The van der Waals surface area contributed by atoms with Gasteiger partial charge in [-0.15, -0.1) is 0 Å². The van der Waals surface area contributed by atoms with E-state index in [1.807, 2.05) is 6.07 Å². The smallest absolute Gasteiger partial charge is 0.115 e. The van der Waals surface area contributed by atoms with Crippen LogP contribution in [0.3, 0.4) is 0 Å². The Morgan fingerprint density at radius 2 is 2.38 bits per heavy atom. The molecule has 1 aromatic rings. The summed E-state index contributed by atoms with van der Waals surface area (Å²) < 4.78 is 0. The molecule has 1 unspecified atom stereocenters. The van der Waals surface area contributed by atoms with E-state index < -0.39 is 0 Å². The summed E-state index contributed by atoms with van der Waals surface area (Å²) in [5, 5.41) is 3.42. The second-order valence-electron chi connectivity index (χ2n) is 3.26. The van der Waals surface area contributed by atoms with Crippen molar-refractivity contribution in [3.8, 4) is 0 Å². The van der Waals surface area contributed by atoms with Gasteiger partial charge in [0.25, 0.3) is 0 Å². The Morgan fingerprint density at radius 3 is 3.00 bits per heavy atom. The van der Waals surface area contributed by atoms with Crippen molar-refractivity contribution in [3.63, 3.8) is 0 Å². The van der Waals surface area contributed by atoms with E-state index >= 15 is 0 Å². The standard InChI is InChI=1S/C10H17N3/c1-3-5-12-9(2)7-10-4-6-11-8-13-10/h4,6,8-9,12H,3,5,7H2,1-2H3. The molecule has 1 atom stereocenters. The number of aromatic nitrogens is 2. The van der Waals surface area contributed by atoms with Crippen LogP contribution in [-0.2, 0) is 6.42 Å². The topological polar surface area (TPSA) is 37.8 Å². The molecule has 0 fully saturated rings. The van der Waals surface area contributed by atoms with Gasteiger partial charge in [-0.1, -0.05) is 6.92 Å². The van der Waals surface area contributed by atoms with Crippen molar-refractivity contribution >= 4 is 0 Å². The normalized spacial score (nSPS) is 12.8. The van der Waals surface area contributed by atoms with Gasteiger partial charge in [0, 0.05) is 24.4 Å². The van der Waals surface area contributed by atoms with Crippen LogP contribution in [0, 0.1) is 0 Å². The molecule has 0 aromatic carbocycles. The first-order valence-corrected chi connectivity index (χ1v) is 4.81. The lowest BCUT2D eigenvalue weighted by molar-refractivity contribution is 0.538. The summed E-state index contributed by atoms with van der Waals surface area (Å²) in [7, 11) is 0. The van der Waals surface area contributed by atoms with E-state index in [-0.39, 0.29) is 0 Å². The van der Waals surface area contributed by atoms with Crippen LogP contribution in [-0.4, -0.2) is 22.6 Å². The van der Waals surface area contributed by atoms with E-state index in [1.165, 1.54) is 6.42 Å². The largest absolute Gasteiger partial charge is 0.314 e. The SMILES string of the molecule is CCCNC(C)Cc1ccncn1. The van der Waals surface area contributed by atoms with Gasteiger partial charge < -0.3 is 5.32 Å². The molecule has 0 aliphatic rings. The molecule has 0 radical (unpaired) electrons. The van der Waals surface area contributed by atoms with Gasteiger partial charge in [-0.3, -0.25) is 0 Å². The molecule has 1 N–H and O–H groups in total. The molecular formula is C10H17N3. The maximum absolute atomic E-state index is 4.18. The Kier molecular flexibility index (Phi) is 4.40. The molecule has 0 amide bonds.